The maximum absolute atomic E-state index is 9.93. The molecule has 0 atom stereocenters. The lowest BCUT2D eigenvalue weighted by Gasteiger charge is -2.26. The lowest BCUT2D eigenvalue weighted by molar-refractivity contribution is 0.0283. The third-order valence-electron chi connectivity index (χ3n) is 2.68. The zero-order chi connectivity index (χ0) is 11.2. The van der Waals surface area contributed by atoms with Gasteiger partial charge in [-0.3, -0.25) is 0 Å². The third-order valence-corrected chi connectivity index (χ3v) is 2.68. The van der Waals surface area contributed by atoms with Crippen molar-refractivity contribution < 1.29 is 10.2 Å². The molecule has 3 N–H and O–H groups in total. The number of hydrogen-bond donors (Lipinski definition) is 3. The second-order valence-corrected chi connectivity index (χ2v) is 4.67. The third kappa shape index (κ3) is 6.35. The molecule has 3 heteroatoms. The highest BCUT2D eigenvalue weighted by molar-refractivity contribution is 4.78. The van der Waals surface area contributed by atoms with Gasteiger partial charge in [-0.2, -0.15) is 0 Å². The molecule has 0 fully saturated rings. The normalized spacial score (nSPS) is 13.3. The fraction of sp³-hybridized carbons (Fsp3) is 1.00. The van der Waals surface area contributed by atoms with Crippen LogP contribution in [0.1, 0.15) is 47.0 Å². The van der Waals surface area contributed by atoms with Crippen LogP contribution in [0.25, 0.3) is 0 Å². The molecule has 0 aromatic rings. The van der Waals surface area contributed by atoms with Crippen LogP contribution in [0.5, 0.6) is 0 Å². The average molecular weight is 203 g/mol. The van der Waals surface area contributed by atoms with Gasteiger partial charge < -0.3 is 15.5 Å². The molecule has 0 rings (SSSR count). The van der Waals surface area contributed by atoms with Gasteiger partial charge in [0.15, 0.2) is 0 Å². The summed E-state index contributed by atoms with van der Waals surface area (Å²) in [6.45, 7) is 8.91. The van der Waals surface area contributed by atoms with E-state index >= 15 is 0 Å². The first-order valence-electron chi connectivity index (χ1n) is 5.48. The standard InChI is InChI=1S/C11H25NO2/c1-5-11(14,6-2)9-12-8-7-10(3,4)13/h12-14H,5-9H2,1-4H3. The molecule has 3 nitrogen and oxygen atoms in total. The topological polar surface area (TPSA) is 52.5 Å². The Morgan fingerprint density at radius 3 is 1.93 bits per heavy atom. The molecular formula is C11H25NO2. The fourth-order valence-electron chi connectivity index (χ4n) is 1.22. The van der Waals surface area contributed by atoms with E-state index < -0.39 is 11.2 Å². The van der Waals surface area contributed by atoms with Crippen LogP contribution in [0.3, 0.4) is 0 Å². The van der Waals surface area contributed by atoms with Crippen LogP contribution >= 0.6 is 0 Å². The quantitative estimate of drug-likeness (QED) is 0.546. The molecule has 0 aromatic carbocycles. The van der Waals surface area contributed by atoms with Gasteiger partial charge in [0.2, 0.25) is 0 Å². The zero-order valence-electron chi connectivity index (χ0n) is 9.93. The maximum atomic E-state index is 9.93. The molecule has 14 heavy (non-hydrogen) atoms. The summed E-state index contributed by atoms with van der Waals surface area (Å²) in [7, 11) is 0. The Balaban J connectivity index is 3.63. The van der Waals surface area contributed by atoms with Gasteiger partial charge in [-0.1, -0.05) is 13.8 Å². The van der Waals surface area contributed by atoms with Gasteiger partial charge in [-0.25, -0.2) is 0 Å². The predicted octanol–water partition coefficient (Wildman–Crippen LogP) is 1.29. The first kappa shape index (κ1) is 13.9. The fourth-order valence-corrected chi connectivity index (χ4v) is 1.22. The number of aliphatic hydroxyl groups is 2. The molecule has 0 heterocycles. The van der Waals surface area contributed by atoms with E-state index in [1.54, 1.807) is 13.8 Å². The Labute approximate surface area is 87.5 Å². The van der Waals surface area contributed by atoms with E-state index in [-0.39, 0.29) is 0 Å². The SMILES string of the molecule is CCC(O)(CC)CNCCC(C)(C)O. The first-order valence-corrected chi connectivity index (χ1v) is 5.48. The molecule has 0 bridgehead atoms. The largest absolute Gasteiger partial charge is 0.390 e. The molecule has 0 aliphatic heterocycles. The van der Waals surface area contributed by atoms with E-state index in [0.29, 0.717) is 13.0 Å². The second-order valence-electron chi connectivity index (χ2n) is 4.67. The summed E-state index contributed by atoms with van der Waals surface area (Å²) >= 11 is 0. The molecule has 0 aromatic heterocycles. The van der Waals surface area contributed by atoms with Crippen LogP contribution in [0.4, 0.5) is 0 Å². The van der Waals surface area contributed by atoms with Gasteiger partial charge in [0.25, 0.3) is 0 Å². The lowest BCUT2D eigenvalue weighted by atomic mass is 9.97. The molecule has 0 aliphatic rings. The Morgan fingerprint density at radius 1 is 1.07 bits per heavy atom. The highest BCUT2D eigenvalue weighted by atomic mass is 16.3. The van der Waals surface area contributed by atoms with Crippen molar-refractivity contribution >= 4 is 0 Å². The molecule has 86 valence electrons. The van der Waals surface area contributed by atoms with Crippen LogP contribution in [0.15, 0.2) is 0 Å². The number of nitrogens with one attached hydrogen (secondary N) is 1. The molecule has 0 amide bonds. The summed E-state index contributed by atoms with van der Waals surface area (Å²) in [6, 6.07) is 0. The van der Waals surface area contributed by atoms with Crippen molar-refractivity contribution in [1.29, 1.82) is 0 Å². The van der Waals surface area contributed by atoms with Crippen molar-refractivity contribution in [1.82, 2.24) is 5.32 Å². The van der Waals surface area contributed by atoms with Crippen molar-refractivity contribution in [3.63, 3.8) is 0 Å². The van der Waals surface area contributed by atoms with E-state index in [4.69, 9.17) is 0 Å². The molecular weight excluding hydrogens is 178 g/mol. The average Bonchev–Trinajstić information content (AvgIpc) is 2.11. The van der Waals surface area contributed by atoms with Crippen LogP contribution in [0.2, 0.25) is 0 Å². The smallest absolute Gasteiger partial charge is 0.0766 e. The van der Waals surface area contributed by atoms with E-state index in [9.17, 15) is 10.2 Å². The van der Waals surface area contributed by atoms with E-state index in [0.717, 1.165) is 19.4 Å². The van der Waals surface area contributed by atoms with Crippen molar-refractivity contribution in [2.45, 2.75) is 58.2 Å². The van der Waals surface area contributed by atoms with E-state index in [1.807, 2.05) is 13.8 Å². The minimum absolute atomic E-state index is 0.584. The maximum Gasteiger partial charge on any atom is 0.0766 e. The Morgan fingerprint density at radius 2 is 1.57 bits per heavy atom. The van der Waals surface area contributed by atoms with Crippen LogP contribution < -0.4 is 5.32 Å². The number of hydrogen-bond acceptors (Lipinski definition) is 3. The molecule has 0 saturated carbocycles. The highest BCUT2D eigenvalue weighted by Gasteiger charge is 2.21. The van der Waals surface area contributed by atoms with Gasteiger partial charge in [0, 0.05) is 6.54 Å². The van der Waals surface area contributed by atoms with Crippen molar-refractivity contribution in [3.05, 3.63) is 0 Å². The molecule has 0 unspecified atom stereocenters. The monoisotopic (exact) mass is 203 g/mol. The summed E-state index contributed by atoms with van der Waals surface area (Å²) in [4.78, 5) is 0. The van der Waals surface area contributed by atoms with Crippen LogP contribution in [-0.2, 0) is 0 Å². The minimum Gasteiger partial charge on any atom is -0.390 e. The minimum atomic E-state index is -0.621. The molecule has 0 saturated heterocycles. The molecule has 0 spiro atoms. The van der Waals surface area contributed by atoms with Crippen molar-refractivity contribution in [2.24, 2.45) is 0 Å². The predicted molar refractivity (Wildman–Crippen MR) is 59.3 cm³/mol. The van der Waals surface area contributed by atoms with Gasteiger partial charge in [-0.05, 0) is 39.7 Å². The van der Waals surface area contributed by atoms with Crippen molar-refractivity contribution in [3.8, 4) is 0 Å². The van der Waals surface area contributed by atoms with Gasteiger partial charge >= 0.3 is 0 Å². The Kier molecular flexibility index (Phi) is 5.64. The lowest BCUT2D eigenvalue weighted by Crippen LogP contribution is -2.41. The number of rotatable bonds is 7. The first-order chi connectivity index (χ1) is 6.33. The van der Waals surface area contributed by atoms with Crippen LogP contribution in [-0.4, -0.2) is 34.5 Å². The van der Waals surface area contributed by atoms with Crippen molar-refractivity contribution in [2.75, 3.05) is 13.1 Å². The summed E-state index contributed by atoms with van der Waals surface area (Å²) in [6.07, 6.45) is 2.23. The Bertz CT molecular complexity index is 148. The molecule has 0 aliphatic carbocycles. The Hall–Kier alpha value is -0.120. The summed E-state index contributed by atoms with van der Waals surface area (Å²) in [5.74, 6) is 0. The summed E-state index contributed by atoms with van der Waals surface area (Å²) < 4.78 is 0. The van der Waals surface area contributed by atoms with Gasteiger partial charge in [0.05, 0.1) is 11.2 Å². The molecule has 0 radical (unpaired) electrons. The van der Waals surface area contributed by atoms with Crippen LogP contribution in [0, 0.1) is 0 Å². The zero-order valence-corrected chi connectivity index (χ0v) is 9.93. The van der Waals surface area contributed by atoms with E-state index in [2.05, 4.69) is 5.32 Å². The highest BCUT2D eigenvalue weighted by Crippen LogP contribution is 2.13. The summed E-state index contributed by atoms with van der Waals surface area (Å²) in [5.41, 5.74) is -1.21. The summed E-state index contributed by atoms with van der Waals surface area (Å²) in [5, 5.41) is 22.6. The van der Waals surface area contributed by atoms with E-state index in [1.165, 1.54) is 0 Å². The van der Waals surface area contributed by atoms with Gasteiger partial charge in [-0.15, -0.1) is 0 Å². The van der Waals surface area contributed by atoms with Gasteiger partial charge in [0.1, 0.15) is 0 Å². The second kappa shape index (κ2) is 5.69.